The lowest BCUT2D eigenvalue weighted by atomic mass is 10.2. The van der Waals surface area contributed by atoms with Crippen molar-refractivity contribution in [3.05, 3.63) is 96.4 Å². The summed E-state index contributed by atoms with van der Waals surface area (Å²) in [6.45, 7) is 1.83. The van der Waals surface area contributed by atoms with Crippen LogP contribution in [0.4, 0.5) is 5.69 Å². The van der Waals surface area contributed by atoms with E-state index in [0.29, 0.717) is 17.3 Å². The molecule has 4 nitrogen and oxygen atoms in total. The van der Waals surface area contributed by atoms with Gasteiger partial charge in [0.05, 0.1) is 17.8 Å². The Balaban J connectivity index is 1.48. The predicted octanol–water partition coefficient (Wildman–Crippen LogP) is 5.98. The van der Waals surface area contributed by atoms with E-state index in [0.717, 1.165) is 21.0 Å². The minimum absolute atomic E-state index is 0.123. The van der Waals surface area contributed by atoms with Crippen LogP contribution in [0.25, 0.3) is 11.5 Å². The number of hydrogen-bond donors (Lipinski definition) is 1. The van der Waals surface area contributed by atoms with Gasteiger partial charge in [-0.05, 0) is 43.3 Å². The van der Waals surface area contributed by atoms with Gasteiger partial charge in [0, 0.05) is 15.4 Å². The van der Waals surface area contributed by atoms with E-state index in [9.17, 15) is 4.79 Å². The second-order valence-electron chi connectivity index (χ2n) is 6.52. The third kappa shape index (κ3) is 4.76. The van der Waals surface area contributed by atoms with E-state index in [2.05, 4.69) is 10.3 Å². The number of nitrogens with one attached hydrogen (secondary N) is 1. The van der Waals surface area contributed by atoms with Gasteiger partial charge in [-0.3, -0.25) is 4.79 Å². The van der Waals surface area contributed by atoms with Crippen LogP contribution in [-0.4, -0.2) is 10.9 Å². The van der Waals surface area contributed by atoms with Crippen molar-refractivity contribution in [2.45, 2.75) is 23.1 Å². The van der Waals surface area contributed by atoms with Crippen LogP contribution < -0.4 is 5.32 Å². The van der Waals surface area contributed by atoms with E-state index in [-0.39, 0.29) is 12.3 Å². The maximum atomic E-state index is 12.7. The van der Waals surface area contributed by atoms with Crippen molar-refractivity contribution in [3.63, 3.8) is 0 Å². The van der Waals surface area contributed by atoms with E-state index in [1.165, 1.54) is 0 Å². The lowest BCUT2D eigenvalue weighted by Gasteiger charge is -2.10. The number of aromatic nitrogens is 1. The van der Waals surface area contributed by atoms with Gasteiger partial charge in [0.25, 0.3) is 0 Å². The van der Waals surface area contributed by atoms with Crippen LogP contribution in [0.1, 0.15) is 11.5 Å². The summed E-state index contributed by atoms with van der Waals surface area (Å²) in [6.07, 6.45) is 0.159. The summed E-state index contributed by atoms with van der Waals surface area (Å²) in [4.78, 5) is 19.3. The van der Waals surface area contributed by atoms with Crippen molar-refractivity contribution in [2.75, 3.05) is 5.32 Å². The van der Waals surface area contributed by atoms with Gasteiger partial charge < -0.3 is 9.73 Å². The number of nitrogens with zero attached hydrogens (tertiary/aromatic N) is 1. The molecule has 1 N–H and O–H groups in total. The second kappa shape index (κ2) is 8.80. The maximum absolute atomic E-state index is 12.7. The summed E-state index contributed by atoms with van der Waals surface area (Å²) in [6, 6.07) is 27.6. The lowest BCUT2D eigenvalue weighted by Crippen LogP contribution is -2.15. The molecule has 4 aromatic rings. The molecule has 3 aromatic carbocycles. The highest BCUT2D eigenvalue weighted by molar-refractivity contribution is 7.99. The molecule has 1 heterocycles. The molecule has 0 unspecified atom stereocenters. The number of carbonyl (C=O) groups excluding carboxylic acids is 1. The highest BCUT2D eigenvalue weighted by Crippen LogP contribution is 2.33. The molecule has 0 fully saturated rings. The molecular formula is C24H20N2O2S. The standard InChI is InChI=1S/C24H20N2O2S/c1-17-21(26-24(28-17)18-10-4-2-5-11-18)16-23(27)25-20-14-8-9-15-22(20)29-19-12-6-3-7-13-19/h2-15H,16H2,1H3,(H,25,27). The molecule has 1 amide bonds. The van der Waals surface area contributed by atoms with E-state index < -0.39 is 0 Å². The largest absolute Gasteiger partial charge is 0.441 e. The Morgan fingerprint density at radius 3 is 2.34 bits per heavy atom. The number of oxazole rings is 1. The molecule has 0 radical (unpaired) electrons. The zero-order valence-corrected chi connectivity index (χ0v) is 16.8. The smallest absolute Gasteiger partial charge is 0.230 e. The molecule has 0 saturated carbocycles. The number of para-hydroxylation sites is 1. The van der Waals surface area contributed by atoms with Crippen LogP contribution in [-0.2, 0) is 11.2 Å². The Morgan fingerprint density at radius 2 is 1.59 bits per heavy atom. The van der Waals surface area contributed by atoms with E-state index >= 15 is 0 Å². The minimum Gasteiger partial charge on any atom is -0.441 e. The Morgan fingerprint density at radius 1 is 0.931 bits per heavy atom. The first-order valence-corrected chi connectivity index (χ1v) is 10.1. The Kier molecular flexibility index (Phi) is 5.77. The van der Waals surface area contributed by atoms with E-state index in [4.69, 9.17) is 4.42 Å². The SMILES string of the molecule is Cc1oc(-c2ccccc2)nc1CC(=O)Nc1ccccc1Sc1ccccc1. The van der Waals surface area contributed by atoms with Crippen molar-refractivity contribution < 1.29 is 9.21 Å². The molecule has 0 atom stereocenters. The fourth-order valence-electron chi connectivity index (χ4n) is 2.92. The number of benzene rings is 3. The molecule has 0 spiro atoms. The first-order chi connectivity index (χ1) is 14.2. The monoisotopic (exact) mass is 400 g/mol. The summed E-state index contributed by atoms with van der Waals surface area (Å²) in [5.41, 5.74) is 2.33. The number of hydrogen-bond acceptors (Lipinski definition) is 4. The first kappa shape index (κ1) is 19.0. The highest BCUT2D eigenvalue weighted by atomic mass is 32.2. The van der Waals surface area contributed by atoms with Gasteiger partial charge >= 0.3 is 0 Å². The molecule has 1 aromatic heterocycles. The van der Waals surface area contributed by atoms with Gasteiger partial charge in [0.2, 0.25) is 11.8 Å². The predicted molar refractivity (Wildman–Crippen MR) is 116 cm³/mol. The van der Waals surface area contributed by atoms with E-state index in [1.54, 1.807) is 11.8 Å². The van der Waals surface area contributed by atoms with Gasteiger partial charge in [-0.1, -0.05) is 60.3 Å². The molecule has 0 aliphatic rings. The van der Waals surface area contributed by atoms with Crippen LogP contribution in [0.5, 0.6) is 0 Å². The van der Waals surface area contributed by atoms with Crippen molar-refractivity contribution in [2.24, 2.45) is 0 Å². The lowest BCUT2D eigenvalue weighted by molar-refractivity contribution is -0.115. The number of rotatable bonds is 6. The van der Waals surface area contributed by atoms with Gasteiger partial charge in [-0.25, -0.2) is 4.98 Å². The molecule has 0 saturated heterocycles. The van der Waals surface area contributed by atoms with Crippen molar-refractivity contribution >= 4 is 23.4 Å². The molecule has 144 valence electrons. The minimum atomic E-state index is -0.123. The Hall–Kier alpha value is -3.31. The number of carbonyl (C=O) groups is 1. The zero-order chi connectivity index (χ0) is 20.1. The summed E-state index contributed by atoms with van der Waals surface area (Å²) in [5.74, 6) is 1.07. The highest BCUT2D eigenvalue weighted by Gasteiger charge is 2.15. The van der Waals surface area contributed by atoms with Crippen LogP contribution in [0, 0.1) is 6.92 Å². The fourth-order valence-corrected chi connectivity index (χ4v) is 3.84. The number of anilines is 1. The number of amides is 1. The van der Waals surface area contributed by atoms with Gasteiger partial charge in [0.1, 0.15) is 5.76 Å². The van der Waals surface area contributed by atoms with Crippen LogP contribution >= 0.6 is 11.8 Å². The Bertz CT molecular complexity index is 1110. The Labute approximate surface area is 174 Å². The van der Waals surface area contributed by atoms with Gasteiger partial charge in [-0.15, -0.1) is 0 Å². The summed E-state index contributed by atoms with van der Waals surface area (Å²) >= 11 is 1.62. The first-order valence-electron chi connectivity index (χ1n) is 9.32. The van der Waals surface area contributed by atoms with Gasteiger partial charge in [0.15, 0.2) is 0 Å². The molecular weight excluding hydrogens is 380 g/mol. The third-order valence-electron chi connectivity index (χ3n) is 4.37. The van der Waals surface area contributed by atoms with Gasteiger partial charge in [-0.2, -0.15) is 0 Å². The average Bonchev–Trinajstić information content (AvgIpc) is 3.11. The van der Waals surface area contributed by atoms with E-state index in [1.807, 2.05) is 91.9 Å². The fraction of sp³-hybridized carbons (Fsp3) is 0.0833. The molecule has 0 bridgehead atoms. The normalized spacial score (nSPS) is 10.7. The molecule has 5 heteroatoms. The van der Waals surface area contributed by atoms with Crippen LogP contribution in [0.3, 0.4) is 0 Å². The van der Waals surface area contributed by atoms with Crippen molar-refractivity contribution in [1.29, 1.82) is 0 Å². The molecule has 0 aliphatic heterocycles. The topological polar surface area (TPSA) is 55.1 Å². The molecule has 29 heavy (non-hydrogen) atoms. The third-order valence-corrected chi connectivity index (χ3v) is 5.46. The van der Waals surface area contributed by atoms with Crippen molar-refractivity contribution in [1.82, 2.24) is 4.98 Å². The summed E-state index contributed by atoms with van der Waals surface area (Å²) in [5, 5.41) is 3.01. The zero-order valence-electron chi connectivity index (χ0n) is 16.0. The molecule has 4 rings (SSSR count). The maximum Gasteiger partial charge on any atom is 0.230 e. The second-order valence-corrected chi connectivity index (χ2v) is 7.64. The average molecular weight is 401 g/mol. The van der Waals surface area contributed by atoms with Crippen molar-refractivity contribution in [3.8, 4) is 11.5 Å². The molecule has 0 aliphatic carbocycles. The number of aryl methyl sites for hydroxylation is 1. The van der Waals surface area contributed by atoms with Crippen LogP contribution in [0.15, 0.2) is 99.1 Å². The van der Waals surface area contributed by atoms with Crippen LogP contribution in [0.2, 0.25) is 0 Å². The summed E-state index contributed by atoms with van der Waals surface area (Å²) < 4.78 is 5.76. The summed E-state index contributed by atoms with van der Waals surface area (Å²) in [7, 11) is 0. The quantitative estimate of drug-likeness (QED) is 0.432.